The van der Waals surface area contributed by atoms with Crippen molar-refractivity contribution in [3.63, 3.8) is 0 Å². The van der Waals surface area contributed by atoms with Gasteiger partial charge in [0.15, 0.2) is 5.13 Å². The molecule has 1 saturated carbocycles. The number of benzene rings is 2. The molecule has 1 aromatic heterocycles. The first-order valence-electron chi connectivity index (χ1n) is 11.0. The van der Waals surface area contributed by atoms with Crippen molar-refractivity contribution >= 4 is 16.5 Å². The third kappa shape index (κ3) is 3.91. The minimum absolute atomic E-state index is 0.167. The van der Waals surface area contributed by atoms with Crippen LogP contribution in [0.25, 0.3) is 11.1 Å². The van der Waals surface area contributed by atoms with Gasteiger partial charge in [0, 0.05) is 19.5 Å². The molecule has 156 valence electrons. The third-order valence-corrected chi connectivity index (χ3v) is 7.59. The molecule has 1 saturated heterocycles. The summed E-state index contributed by atoms with van der Waals surface area (Å²) < 4.78 is 0. The van der Waals surface area contributed by atoms with Gasteiger partial charge >= 0.3 is 0 Å². The van der Waals surface area contributed by atoms with Crippen LogP contribution in [0.15, 0.2) is 42.5 Å². The SMILES string of the molecule is Oc1ccc(-c2cccc(Cc3sc(N4CCCC4)nc3O)c2)cc1C1CCCC1. The van der Waals surface area contributed by atoms with Gasteiger partial charge in [-0.15, -0.1) is 0 Å². The van der Waals surface area contributed by atoms with Crippen LogP contribution in [0.1, 0.15) is 60.4 Å². The second kappa shape index (κ2) is 8.31. The van der Waals surface area contributed by atoms with Gasteiger partial charge in [-0.3, -0.25) is 0 Å². The molecule has 0 amide bonds. The normalized spacial score (nSPS) is 17.1. The van der Waals surface area contributed by atoms with Crippen molar-refractivity contribution in [3.8, 4) is 22.8 Å². The Morgan fingerprint density at radius 1 is 0.933 bits per heavy atom. The Kier molecular flexibility index (Phi) is 5.38. The zero-order valence-electron chi connectivity index (χ0n) is 17.2. The summed E-state index contributed by atoms with van der Waals surface area (Å²) in [5.74, 6) is 1.07. The minimum Gasteiger partial charge on any atom is -0.508 e. The van der Waals surface area contributed by atoms with Crippen LogP contribution in [0.5, 0.6) is 11.6 Å². The van der Waals surface area contributed by atoms with Crippen molar-refractivity contribution in [2.45, 2.75) is 50.9 Å². The highest BCUT2D eigenvalue weighted by atomic mass is 32.1. The van der Waals surface area contributed by atoms with E-state index in [0.717, 1.165) is 45.4 Å². The van der Waals surface area contributed by atoms with Crippen LogP contribution in [0, 0.1) is 0 Å². The number of rotatable bonds is 5. The lowest BCUT2D eigenvalue weighted by atomic mass is 9.92. The Morgan fingerprint density at radius 3 is 2.50 bits per heavy atom. The summed E-state index contributed by atoms with van der Waals surface area (Å²) in [6, 6.07) is 14.5. The Hall–Kier alpha value is -2.53. The number of phenolic OH excluding ortho intramolecular Hbond substituents is 1. The number of nitrogens with zero attached hydrogens (tertiary/aromatic N) is 2. The number of hydrogen-bond acceptors (Lipinski definition) is 5. The van der Waals surface area contributed by atoms with Crippen molar-refractivity contribution in [3.05, 3.63) is 58.5 Å². The van der Waals surface area contributed by atoms with Gasteiger partial charge in [0.1, 0.15) is 5.75 Å². The Morgan fingerprint density at radius 2 is 1.70 bits per heavy atom. The van der Waals surface area contributed by atoms with Crippen LogP contribution < -0.4 is 4.90 Å². The van der Waals surface area contributed by atoms with Gasteiger partial charge < -0.3 is 15.1 Å². The molecule has 5 rings (SSSR count). The molecule has 3 aromatic rings. The van der Waals surface area contributed by atoms with Gasteiger partial charge in [-0.2, -0.15) is 4.98 Å². The first-order chi connectivity index (χ1) is 14.7. The Labute approximate surface area is 181 Å². The van der Waals surface area contributed by atoms with Crippen LogP contribution in [-0.4, -0.2) is 28.3 Å². The van der Waals surface area contributed by atoms with E-state index in [1.54, 1.807) is 11.3 Å². The van der Waals surface area contributed by atoms with Crippen molar-refractivity contribution in [2.75, 3.05) is 18.0 Å². The topological polar surface area (TPSA) is 56.6 Å². The number of anilines is 1. The predicted molar refractivity (Wildman–Crippen MR) is 123 cm³/mol. The smallest absolute Gasteiger partial charge is 0.227 e. The number of aromatic nitrogens is 1. The summed E-state index contributed by atoms with van der Waals surface area (Å²) in [6.45, 7) is 2.07. The number of phenols is 1. The highest BCUT2D eigenvalue weighted by Crippen LogP contribution is 2.40. The van der Waals surface area contributed by atoms with Gasteiger partial charge in [-0.05, 0) is 66.0 Å². The largest absolute Gasteiger partial charge is 0.508 e. The van der Waals surface area contributed by atoms with Crippen LogP contribution in [0.3, 0.4) is 0 Å². The highest BCUT2D eigenvalue weighted by Gasteiger charge is 2.21. The lowest BCUT2D eigenvalue weighted by molar-refractivity contribution is 0.452. The average Bonchev–Trinajstić information content (AvgIpc) is 3.52. The minimum atomic E-state index is 0.167. The first-order valence-corrected chi connectivity index (χ1v) is 11.8. The van der Waals surface area contributed by atoms with Gasteiger partial charge in [-0.1, -0.05) is 54.5 Å². The molecule has 2 N–H and O–H groups in total. The quantitative estimate of drug-likeness (QED) is 0.526. The fourth-order valence-electron chi connectivity index (χ4n) is 4.83. The molecule has 2 fully saturated rings. The average molecular weight is 421 g/mol. The van der Waals surface area contributed by atoms with Gasteiger partial charge in [0.25, 0.3) is 0 Å². The summed E-state index contributed by atoms with van der Waals surface area (Å²) >= 11 is 1.61. The van der Waals surface area contributed by atoms with Crippen molar-refractivity contribution in [2.24, 2.45) is 0 Å². The van der Waals surface area contributed by atoms with Crippen LogP contribution in [-0.2, 0) is 6.42 Å². The molecule has 1 aliphatic carbocycles. The third-order valence-electron chi connectivity index (χ3n) is 6.49. The van der Waals surface area contributed by atoms with E-state index in [9.17, 15) is 10.2 Å². The van der Waals surface area contributed by atoms with Gasteiger partial charge in [-0.25, -0.2) is 0 Å². The van der Waals surface area contributed by atoms with E-state index in [2.05, 4.69) is 40.2 Å². The van der Waals surface area contributed by atoms with E-state index in [-0.39, 0.29) is 5.88 Å². The van der Waals surface area contributed by atoms with E-state index in [4.69, 9.17) is 0 Å². The van der Waals surface area contributed by atoms with Crippen LogP contribution >= 0.6 is 11.3 Å². The van der Waals surface area contributed by atoms with Crippen LogP contribution in [0.4, 0.5) is 5.13 Å². The molecular formula is C25H28N2O2S. The molecule has 2 heterocycles. The molecule has 0 bridgehead atoms. The molecule has 2 aromatic carbocycles. The number of hydrogen-bond donors (Lipinski definition) is 2. The summed E-state index contributed by atoms with van der Waals surface area (Å²) in [4.78, 5) is 7.60. The molecule has 2 aliphatic rings. The lowest BCUT2D eigenvalue weighted by Gasteiger charge is -2.14. The Bertz CT molecular complexity index is 1030. The molecule has 0 spiro atoms. The zero-order valence-corrected chi connectivity index (χ0v) is 18.0. The van der Waals surface area contributed by atoms with E-state index in [1.165, 1.54) is 38.5 Å². The molecule has 0 radical (unpaired) electrons. The molecule has 4 nitrogen and oxygen atoms in total. The summed E-state index contributed by atoms with van der Waals surface area (Å²) in [5.41, 5.74) is 4.54. The standard InChI is InChI=1S/C25H28N2O2S/c28-22-11-10-20(16-21(22)18-7-1-2-8-18)19-9-5-6-17(14-19)15-23-24(29)26-25(30-23)27-12-3-4-13-27/h5-6,9-11,14,16,18,28-29H,1-4,7-8,12-13,15H2. The monoisotopic (exact) mass is 420 g/mol. The molecule has 0 atom stereocenters. The summed E-state index contributed by atoms with van der Waals surface area (Å²) in [6.07, 6.45) is 7.92. The maximum Gasteiger partial charge on any atom is 0.227 e. The fraction of sp³-hybridized carbons (Fsp3) is 0.400. The van der Waals surface area contributed by atoms with E-state index in [1.807, 2.05) is 12.1 Å². The second-order valence-corrected chi connectivity index (χ2v) is 9.63. The van der Waals surface area contributed by atoms with Gasteiger partial charge in [0.05, 0.1) is 4.88 Å². The summed E-state index contributed by atoms with van der Waals surface area (Å²) in [7, 11) is 0. The summed E-state index contributed by atoms with van der Waals surface area (Å²) in [5, 5.41) is 21.7. The Balaban J connectivity index is 1.39. The van der Waals surface area contributed by atoms with E-state index >= 15 is 0 Å². The van der Waals surface area contributed by atoms with Gasteiger partial charge in [0.2, 0.25) is 5.88 Å². The fourth-order valence-corrected chi connectivity index (χ4v) is 5.87. The molecule has 1 aliphatic heterocycles. The van der Waals surface area contributed by atoms with Crippen molar-refractivity contribution in [1.29, 1.82) is 0 Å². The maximum absolute atomic E-state index is 10.4. The zero-order chi connectivity index (χ0) is 20.5. The molecular weight excluding hydrogens is 392 g/mol. The second-order valence-electron chi connectivity index (χ2n) is 8.57. The van der Waals surface area contributed by atoms with Crippen molar-refractivity contribution < 1.29 is 10.2 Å². The molecule has 5 heteroatoms. The first kappa shape index (κ1) is 19.4. The molecule has 30 heavy (non-hydrogen) atoms. The van der Waals surface area contributed by atoms with E-state index in [0.29, 0.717) is 18.1 Å². The number of aromatic hydroxyl groups is 2. The highest BCUT2D eigenvalue weighted by molar-refractivity contribution is 7.15. The molecule has 0 unspecified atom stereocenters. The lowest BCUT2D eigenvalue weighted by Crippen LogP contribution is -2.16. The predicted octanol–water partition coefficient (Wildman–Crippen LogP) is 6.07. The number of thiazole rings is 1. The maximum atomic E-state index is 10.4. The van der Waals surface area contributed by atoms with Crippen molar-refractivity contribution in [1.82, 2.24) is 4.98 Å². The van der Waals surface area contributed by atoms with Crippen LogP contribution in [0.2, 0.25) is 0 Å². The van der Waals surface area contributed by atoms with E-state index < -0.39 is 0 Å².